The second kappa shape index (κ2) is 7.08. The SMILES string of the molecule is CC(C)CC1CCCC(N2CCC(C)CC2CN)C1. The van der Waals surface area contributed by atoms with E-state index in [4.69, 9.17) is 5.73 Å². The molecular weight excluding hydrogens is 232 g/mol. The summed E-state index contributed by atoms with van der Waals surface area (Å²) in [5.74, 6) is 2.70. The van der Waals surface area contributed by atoms with E-state index >= 15 is 0 Å². The zero-order valence-electron chi connectivity index (χ0n) is 13.3. The Morgan fingerprint density at radius 2 is 1.95 bits per heavy atom. The van der Waals surface area contributed by atoms with Crippen molar-refractivity contribution in [3.8, 4) is 0 Å². The Kier molecular flexibility index (Phi) is 5.70. The molecule has 2 heteroatoms. The van der Waals surface area contributed by atoms with Crippen LogP contribution in [0.3, 0.4) is 0 Å². The van der Waals surface area contributed by atoms with Gasteiger partial charge in [-0.15, -0.1) is 0 Å². The molecule has 1 heterocycles. The van der Waals surface area contributed by atoms with Crippen LogP contribution < -0.4 is 5.73 Å². The summed E-state index contributed by atoms with van der Waals surface area (Å²) in [6.07, 6.45) is 9.87. The van der Waals surface area contributed by atoms with E-state index in [-0.39, 0.29) is 0 Å². The lowest BCUT2D eigenvalue weighted by Gasteiger charge is -2.46. The smallest absolute Gasteiger partial charge is 0.0223 e. The molecule has 1 aliphatic heterocycles. The summed E-state index contributed by atoms with van der Waals surface area (Å²) in [6.45, 7) is 9.28. The van der Waals surface area contributed by atoms with E-state index in [1.54, 1.807) is 0 Å². The largest absolute Gasteiger partial charge is 0.329 e. The normalized spacial score (nSPS) is 37.7. The molecule has 2 nitrogen and oxygen atoms in total. The van der Waals surface area contributed by atoms with Gasteiger partial charge in [0.1, 0.15) is 0 Å². The van der Waals surface area contributed by atoms with E-state index in [1.807, 2.05) is 0 Å². The first-order valence-corrected chi connectivity index (χ1v) is 8.56. The molecule has 1 aliphatic carbocycles. The lowest BCUT2D eigenvalue weighted by Crippen LogP contribution is -2.52. The summed E-state index contributed by atoms with van der Waals surface area (Å²) in [4.78, 5) is 2.78. The summed E-state index contributed by atoms with van der Waals surface area (Å²) < 4.78 is 0. The molecule has 1 saturated carbocycles. The van der Waals surface area contributed by atoms with Crippen LogP contribution in [0, 0.1) is 17.8 Å². The number of likely N-dealkylation sites (tertiary alicyclic amines) is 1. The van der Waals surface area contributed by atoms with E-state index < -0.39 is 0 Å². The van der Waals surface area contributed by atoms with Crippen LogP contribution in [-0.2, 0) is 0 Å². The third-order valence-electron chi connectivity index (χ3n) is 5.32. The number of rotatable bonds is 4. The third kappa shape index (κ3) is 4.19. The van der Waals surface area contributed by atoms with Crippen molar-refractivity contribution < 1.29 is 0 Å². The fourth-order valence-corrected chi connectivity index (χ4v) is 4.43. The number of nitrogens with zero attached hydrogens (tertiary/aromatic N) is 1. The van der Waals surface area contributed by atoms with Crippen molar-refractivity contribution in [2.45, 2.75) is 77.8 Å². The number of piperidine rings is 1. The van der Waals surface area contributed by atoms with Crippen LogP contribution in [0.25, 0.3) is 0 Å². The molecular formula is C17H34N2. The minimum absolute atomic E-state index is 0.659. The fourth-order valence-electron chi connectivity index (χ4n) is 4.43. The highest BCUT2D eigenvalue weighted by molar-refractivity contribution is 4.89. The van der Waals surface area contributed by atoms with Gasteiger partial charge in [-0.1, -0.05) is 33.6 Å². The van der Waals surface area contributed by atoms with Gasteiger partial charge in [-0.2, -0.15) is 0 Å². The Morgan fingerprint density at radius 3 is 2.63 bits per heavy atom. The predicted molar refractivity (Wildman–Crippen MR) is 83.1 cm³/mol. The zero-order valence-corrected chi connectivity index (χ0v) is 13.3. The van der Waals surface area contributed by atoms with Gasteiger partial charge in [0.05, 0.1) is 0 Å². The highest BCUT2D eigenvalue weighted by Gasteiger charge is 2.33. The lowest BCUT2D eigenvalue weighted by molar-refractivity contribution is 0.0426. The predicted octanol–water partition coefficient (Wildman–Crippen LogP) is 3.65. The topological polar surface area (TPSA) is 29.3 Å². The van der Waals surface area contributed by atoms with Crippen molar-refractivity contribution in [2.24, 2.45) is 23.5 Å². The molecule has 112 valence electrons. The summed E-state index contributed by atoms with van der Waals surface area (Å²) in [5.41, 5.74) is 6.04. The number of nitrogens with two attached hydrogens (primary N) is 1. The molecule has 2 N–H and O–H groups in total. The highest BCUT2D eigenvalue weighted by Crippen LogP contribution is 2.35. The minimum atomic E-state index is 0.659. The van der Waals surface area contributed by atoms with Gasteiger partial charge < -0.3 is 5.73 Å². The number of hydrogen-bond acceptors (Lipinski definition) is 2. The molecule has 0 bridgehead atoms. The van der Waals surface area contributed by atoms with Gasteiger partial charge in [0.2, 0.25) is 0 Å². The van der Waals surface area contributed by atoms with Gasteiger partial charge in [-0.3, -0.25) is 4.90 Å². The molecule has 0 aromatic heterocycles. The maximum absolute atomic E-state index is 6.04. The van der Waals surface area contributed by atoms with Crippen LogP contribution in [0.15, 0.2) is 0 Å². The maximum atomic E-state index is 6.04. The fraction of sp³-hybridized carbons (Fsp3) is 1.00. The van der Waals surface area contributed by atoms with Gasteiger partial charge in [0, 0.05) is 18.6 Å². The Morgan fingerprint density at radius 1 is 1.16 bits per heavy atom. The van der Waals surface area contributed by atoms with Crippen LogP contribution in [0.1, 0.15) is 65.7 Å². The molecule has 2 rings (SSSR count). The van der Waals surface area contributed by atoms with E-state index in [0.29, 0.717) is 6.04 Å². The molecule has 2 aliphatic rings. The highest BCUT2D eigenvalue weighted by atomic mass is 15.2. The molecule has 19 heavy (non-hydrogen) atoms. The Balaban J connectivity index is 1.92. The second-order valence-corrected chi connectivity index (χ2v) is 7.57. The van der Waals surface area contributed by atoms with E-state index in [0.717, 1.165) is 30.3 Å². The monoisotopic (exact) mass is 266 g/mol. The van der Waals surface area contributed by atoms with E-state index in [2.05, 4.69) is 25.7 Å². The molecule has 0 amide bonds. The molecule has 4 atom stereocenters. The van der Waals surface area contributed by atoms with Crippen molar-refractivity contribution in [3.05, 3.63) is 0 Å². The van der Waals surface area contributed by atoms with Crippen molar-refractivity contribution >= 4 is 0 Å². The molecule has 0 aromatic rings. The van der Waals surface area contributed by atoms with Gasteiger partial charge in [-0.25, -0.2) is 0 Å². The Bertz CT molecular complexity index is 264. The lowest BCUT2D eigenvalue weighted by atomic mass is 9.79. The average molecular weight is 266 g/mol. The Labute approximate surface area is 120 Å². The van der Waals surface area contributed by atoms with E-state index in [1.165, 1.54) is 51.5 Å². The summed E-state index contributed by atoms with van der Waals surface area (Å²) >= 11 is 0. The second-order valence-electron chi connectivity index (χ2n) is 7.57. The minimum Gasteiger partial charge on any atom is -0.329 e. The summed E-state index contributed by atoms with van der Waals surface area (Å²) in [6, 6.07) is 1.49. The van der Waals surface area contributed by atoms with Crippen molar-refractivity contribution in [2.75, 3.05) is 13.1 Å². The maximum Gasteiger partial charge on any atom is 0.0223 e. The molecule has 2 fully saturated rings. The summed E-state index contributed by atoms with van der Waals surface area (Å²) in [7, 11) is 0. The van der Waals surface area contributed by atoms with Crippen LogP contribution in [0.2, 0.25) is 0 Å². The van der Waals surface area contributed by atoms with Crippen molar-refractivity contribution in [3.63, 3.8) is 0 Å². The first-order valence-electron chi connectivity index (χ1n) is 8.56. The van der Waals surface area contributed by atoms with E-state index in [9.17, 15) is 0 Å². The standard InChI is InChI=1S/C17H34N2/c1-13(2)9-15-5-4-6-16(11-15)19-8-7-14(3)10-17(19)12-18/h13-17H,4-12,18H2,1-3H3. The van der Waals surface area contributed by atoms with Crippen LogP contribution in [-0.4, -0.2) is 30.1 Å². The molecule has 0 aromatic carbocycles. The van der Waals surface area contributed by atoms with Gasteiger partial charge in [0.25, 0.3) is 0 Å². The van der Waals surface area contributed by atoms with Crippen LogP contribution in [0.5, 0.6) is 0 Å². The first-order chi connectivity index (χ1) is 9.10. The third-order valence-corrected chi connectivity index (χ3v) is 5.32. The van der Waals surface area contributed by atoms with Gasteiger partial charge in [0.15, 0.2) is 0 Å². The summed E-state index contributed by atoms with van der Waals surface area (Å²) in [5, 5.41) is 0. The number of hydrogen-bond donors (Lipinski definition) is 1. The quantitative estimate of drug-likeness (QED) is 0.841. The first kappa shape index (κ1) is 15.3. The van der Waals surface area contributed by atoms with Gasteiger partial charge >= 0.3 is 0 Å². The molecule has 4 unspecified atom stereocenters. The Hall–Kier alpha value is -0.0800. The van der Waals surface area contributed by atoms with Crippen LogP contribution in [0.4, 0.5) is 0 Å². The average Bonchev–Trinajstić information content (AvgIpc) is 2.38. The zero-order chi connectivity index (χ0) is 13.8. The van der Waals surface area contributed by atoms with Crippen molar-refractivity contribution in [1.29, 1.82) is 0 Å². The van der Waals surface area contributed by atoms with Crippen molar-refractivity contribution in [1.82, 2.24) is 4.90 Å². The van der Waals surface area contributed by atoms with Crippen LogP contribution >= 0.6 is 0 Å². The molecule has 0 spiro atoms. The molecule has 1 saturated heterocycles. The molecule has 0 radical (unpaired) electrons. The van der Waals surface area contributed by atoms with Gasteiger partial charge in [-0.05, 0) is 56.4 Å².